The first-order valence-corrected chi connectivity index (χ1v) is 7.27. The monoisotopic (exact) mass is 296 g/mol. The molecule has 0 atom stereocenters. The molecule has 0 saturated carbocycles. The second-order valence-corrected chi connectivity index (χ2v) is 5.61. The van der Waals surface area contributed by atoms with Crippen LogP contribution in [0, 0.1) is 0 Å². The second-order valence-electron chi connectivity index (χ2n) is 5.17. The number of fused-ring (bicyclic) bond motifs is 3. The Morgan fingerprint density at radius 2 is 1.71 bits per heavy atom. The number of benzene rings is 2. The second kappa shape index (κ2) is 4.64. The largest absolute Gasteiger partial charge is 0.335 e. The third-order valence-corrected chi connectivity index (χ3v) is 4.21. The van der Waals surface area contributed by atoms with Crippen LogP contribution in [0.25, 0.3) is 10.9 Å². The zero-order chi connectivity index (χ0) is 14.4. The van der Waals surface area contributed by atoms with Crippen molar-refractivity contribution in [1.29, 1.82) is 0 Å². The number of hydrogen-bond acceptors (Lipinski definition) is 1. The Morgan fingerprint density at radius 1 is 0.952 bits per heavy atom. The van der Waals surface area contributed by atoms with Crippen LogP contribution >= 0.6 is 11.6 Å². The zero-order valence-electron chi connectivity index (χ0n) is 11.3. The standard InChI is InChI=1S/C17H13ClN2O/c18-13-5-7-14(8-6-13)19-9-10-20-15-4-2-1-3-12(15)11-16(20)17(19)21/h1-8,11H,9-10H2. The van der Waals surface area contributed by atoms with Crippen LogP contribution in [-0.4, -0.2) is 17.0 Å². The van der Waals surface area contributed by atoms with E-state index in [1.165, 1.54) is 0 Å². The molecular formula is C17H13ClN2O. The predicted molar refractivity (Wildman–Crippen MR) is 85.1 cm³/mol. The van der Waals surface area contributed by atoms with Crippen molar-refractivity contribution in [3.63, 3.8) is 0 Å². The molecular weight excluding hydrogens is 284 g/mol. The maximum absolute atomic E-state index is 12.7. The summed E-state index contributed by atoms with van der Waals surface area (Å²) in [6, 6.07) is 17.5. The van der Waals surface area contributed by atoms with Gasteiger partial charge in [-0.3, -0.25) is 4.79 Å². The molecule has 3 nitrogen and oxygen atoms in total. The summed E-state index contributed by atoms with van der Waals surface area (Å²) >= 11 is 5.91. The summed E-state index contributed by atoms with van der Waals surface area (Å²) in [7, 11) is 0. The third kappa shape index (κ3) is 1.93. The number of rotatable bonds is 1. The van der Waals surface area contributed by atoms with Crippen molar-refractivity contribution in [2.24, 2.45) is 0 Å². The molecule has 4 heteroatoms. The van der Waals surface area contributed by atoms with Crippen LogP contribution in [-0.2, 0) is 6.54 Å². The van der Waals surface area contributed by atoms with Crippen LogP contribution in [0.3, 0.4) is 0 Å². The molecule has 0 saturated heterocycles. The number of para-hydroxylation sites is 1. The molecule has 104 valence electrons. The first kappa shape index (κ1) is 12.5. The van der Waals surface area contributed by atoms with Gasteiger partial charge >= 0.3 is 0 Å². The van der Waals surface area contributed by atoms with Crippen molar-refractivity contribution in [3.8, 4) is 0 Å². The summed E-state index contributed by atoms with van der Waals surface area (Å²) in [4.78, 5) is 14.6. The lowest BCUT2D eigenvalue weighted by Crippen LogP contribution is -2.40. The molecule has 1 aliphatic rings. The van der Waals surface area contributed by atoms with Gasteiger partial charge in [-0.2, -0.15) is 0 Å². The Balaban J connectivity index is 1.79. The minimum Gasteiger partial charge on any atom is -0.335 e. The minimum atomic E-state index is 0.0415. The molecule has 4 rings (SSSR count). The number of anilines is 1. The maximum Gasteiger partial charge on any atom is 0.274 e. The van der Waals surface area contributed by atoms with Crippen molar-refractivity contribution in [3.05, 3.63) is 65.3 Å². The molecule has 1 aromatic heterocycles. The fourth-order valence-electron chi connectivity index (χ4n) is 2.94. The number of carbonyl (C=O) groups excluding carboxylic acids is 1. The van der Waals surface area contributed by atoms with Gasteiger partial charge in [0, 0.05) is 34.7 Å². The Hall–Kier alpha value is -2.26. The Bertz CT molecular complexity index is 836. The van der Waals surface area contributed by atoms with Crippen LogP contribution in [0.4, 0.5) is 5.69 Å². The highest BCUT2D eigenvalue weighted by Gasteiger charge is 2.27. The van der Waals surface area contributed by atoms with Crippen molar-refractivity contribution in [2.75, 3.05) is 11.4 Å². The lowest BCUT2D eigenvalue weighted by Gasteiger charge is -2.28. The van der Waals surface area contributed by atoms with Crippen LogP contribution < -0.4 is 4.90 Å². The van der Waals surface area contributed by atoms with Crippen molar-refractivity contribution >= 4 is 34.1 Å². The van der Waals surface area contributed by atoms with Crippen molar-refractivity contribution in [1.82, 2.24) is 4.57 Å². The molecule has 1 aliphatic heterocycles. The summed E-state index contributed by atoms with van der Waals surface area (Å²) < 4.78 is 2.10. The number of aromatic nitrogens is 1. The number of hydrogen-bond donors (Lipinski definition) is 0. The third-order valence-electron chi connectivity index (χ3n) is 3.96. The smallest absolute Gasteiger partial charge is 0.274 e. The molecule has 0 radical (unpaired) electrons. The average Bonchev–Trinajstić information content (AvgIpc) is 2.89. The Labute approximate surface area is 127 Å². The summed E-state index contributed by atoms with van der Waals surface area (Å²) in [6.07, 6.45) is 0. The Morgan fingerprint density at radius 3 is 2.52 bits per heavy atom. The number of carbonyl (C=O) groups is 1. The van der Waals surface area contributed by atoms with E-state index >= 15 is 0 Å². The van der Waals surface area contributed by atoms with Gasteiger partial charge in [-0.05, 0) is 36.4 Å². The molecule has 1 amide bonds. The Kier molecular flexibility index (Phi) is 2.76. The lowest BCUT2D eigenvalue weighted by atomic mass is 10.2. The van der Waals surface area contributed by atoms with E-state index in [-0.39, 0.29) is 5.91 Å². The number of nitrogens with zero attached hydrogens (tertiary/aromatic N) is 2. The average molecular weight is 297 g/mol. The van der Waals surface area contributed by atoms with Crippen LogP contribution in [0.5, 0.6) is 0 Å². The molecule has 3 aromatic rings. The summed E-state index contributed by atoms with van der Waals surface area (Å²) in [5.74, 6) is 0.0415. The zero-order valence-corrected chi connectivity index (χ0v) is 12.0. The SMILES string of the molecule is O=C1c2cc3ccccc3n2CCN1c1ccc(Cl)cc1. The summed E-state index contributed by atoms with van der Waals surface area (Å²) in [5.41, 5.74) is 2.76. The molecule has 2 aromatic carbocycles. The topological polar surface area (TPSA) is 25.2 Å². The van der Waals surface area contributed by atoms with Gasteiger partial charge in [0.1, 0.15) is 5.69 Å². The van der Waals surface area contributed by atoms with Crippen LogP contribution in [0.15, 0.2) is 54.6 Å². The van der Waals surface area contributed by atoms with E-state index in [1.54, 1.807) is 0 Å². The van der Waals surface area contributed by atoms with Gasteiger partial charge in [0.15, 0.2) is 0 Å². The fourth-order valence-corrected chi connectivity index (χ4v) is 3.06. The van der Waals surface area contributed by atoms with Gasteiger partial charge in [-0.1, -0.05) is 29.8 Å². The molecule has 0 bridgehead atoms. The van der Waals surface area contributed by atoms with Gasteiger partial charge in [-0.25, -0.2) is 0 Å². The first-order chi connectivity index (χ1) is 10.2. The lowest BCUT2D eigenvalue weighted by molar-refractivity contribution is 0.0966. The van der Waals surface area contributed by atoms with Gasteiger partial charge in [-0.15, -0.1) is 0 Å². The molecule has 21 heavy (non-hydrogen) atoms. The van der Waals surface area contributed by atoms with E-state index < -0.39 is 0 Å². The van der Waals surface area contributed by atoms with Crippen molar-refractivity contribution < 1.29 is 4.79 Å². The molecule has 2 heterocycles. The van der Waals surface area contributed by atoms with Gasteiger partial charge < -0.3 is 9.47 Å². The quantitative estimate of drug-likeness (QED) is 0.667. The van der Waals surface area contributed by atoms with Crippen molar-refractivity contribution in [2.45, 2.75) is 6.54 Å². The highest BCUT2D eigenvalue weighted by atomic mass is 35.5. The molecule has 0 spiro atoms. The number of halogens is 1. The molecule has 0 aliphatic carbocycles. The highest BCUT2D eigenvalue weighted by Crippen LogP contribution is 2.27. The normalized spacial score (nSPS) is 14.5. The van der Waals surface area contributed by atoms with E-state index in [0.717, 1.165) is 28.8 Å². The fraction of sp³-hybridized carbons (Fsp3) is 0.118. The van der Waals surface area contributed by atoms with E-state index in [9.17, 15) is 4.79 Å². The summed E-state index contributed by atoms with van der Waals surface area (Å²) in [6.45, 7) is 1.48. The van der Waals surface area contributed by atoms with Gasteiger partial charge in [0.05, 0.1) is 0 Å². The van der Waals surface area contributed by atoms with Crippen LogP contribution in [0.2, 0.25) is 5.02 Å². The minimum absolute atomic E-state index is 0.0415. The highest BCUT2D eigenvalue weighted by molar-refractivity contribution is 6.30. The molecule has 0 fully saturated rings. The molecule has 0 unspecified atom stereocenters. The number of amides is 1. The van der Waals surface area contributed by atoms with E-state index in [0.29, 0.717) is 11.6 Å². The first-order valence-electron chi connectivity index (χ1n) is 6.90. The predicted octanol–water partition coefficient (Wildman–Crippen LogP) is 3.96. The van der Waals surface area contributed by atoms with E-state index in [1.807, 2.05) is 53.4 Å². The van der Waals surface area contributed by atoms with E-state index in [4.69, 9.17) is 11.6 Å². The molecule has 0 N–H and O–H groups in total. The van der Waals surface area contributed by atoms with Gasteiger partial charge in [0.2, 0.25) is 0 Å². The van der Waals surface area contributed by atoms with E-state index in [2.05, 4.69) is 10.6 Å². The van der Waals surface area contributed by atoms with Crippen LogP contribution in [0.1, 0.15) is 10.5 Å². The summed E-state index contributed by atoms with van der Waals surface area (Å²) in [5, 5.41) is 1.79. The van der Waals surface area contributed by atoms with Gasteiger partial charge in [0.25, 0.3) is 5.91 Å². The maximum atomic E-state index is 12.7.